The zero-order chi connectivity index (χ0) is 17.0. The lowest BCUT2D eigenvalue weighted by Crippen LogP contribution is -2.26. The lowest BCUT2D eigenvalue weighted by atomic mass is 10.1. The van der Waals surface area contributed by atoms with Crippen molar-refractivity contribution in [3.63, 3.8) is 0 Å². The molecule has 2 aromatic rings. The highest BCUT2D eigenvalue weighted by molar-refractivity contribution is 5.58. The van der Waals surface area contributed by atoms with Crippen molar-refractivity contribution in [3.8, 4) is 11.6 Å². The minimum Gasteiger partial charge on any atom is -0.496 e. The number of hydrogen-bond donors (Lipinski definition) is 1. The number of benzene rings is 1. The van der Waals surface area contributed by atoms with Gasteiger partial charge in [0.1, 0.15) is 17.9 Å². The monoisotopic (exact) mass is 327 g/mol. The van der Waals surface area contributed by atoms with Crippen LogP contribution in [0.2, 0.25) is 0 Å². The van der Waals surface area contributed by atoms with Crippen molar-refractivity contribution in [2.75, 3.05) is 19.2 Å². The van der Waals surface area contributed by atoms with Gasteiger partial charge in [-0.15, -0.1) is 0 Å². The number of pyridine rings is 1. The van der Waals surface area contributed by atoms with E-state index < -0.39 is 17.6 Å². The highest BCUT2D eigenvalue weighted by atomic mass is 19.4. The maximum atomic E-state index is 13.0. The Hall–Kier alpha value is -2.48. The van der Waals surface area contributed by atoms with E-state index in [0.29, 0.717) is 17.0 Å². The number of halogens is 3. The molecule has 2 N–H and O–H groups in total. The maximum absolute atomic E-state index is 13.0. The molecule has 23 heavy (non-hydrogen) atoms. The van der Waals surface area contributed by atoms with Crippen LogP contribution in [0.15, 0.2) is 36.5 Å². The number of anilines is 1. The average molecular weight is 327 g/mol. The number of alkyl halides is 3. The Morgan fingerprint density at radius 3 is 2.57 bits per heavy atom. The number of rotatable bonds is 5. The minimum atomic E-state index is -4.54. The van der Waals surface area contributed by atoms with Gasteiger partial charge in [0.05, 0.1) is 18.4 Å². The van der Waals surface area contributed by atoms with Gasteiger partial charge < -0.3 is 14.5 Å². The van der Waals surface area contributed by atoms with Crippen molar-refractivity contribution in [3.05, 3.63) is 47.7 Å². The zero-order valence-corrected chi connectivity index (χ0v) is 12.6. The van der Waals surface area contributed by atoms with E-state index in [2.05, 4.69) is 4.98 Å². The van der Waals surface area contributed by atoms with Crippen LogP contribution >= 0.6 is 0 Å². The number of hydrogen-bond acceptors (Lipinski definition) is 5. The van der Waals surface area contributed by atoms with Crippen LogP contribution in [-0.4, -0.2) is 19.1 Å². The summed E-state index contributed by atoms with van der Waals surface area (Å²) in [5.41, 5.74) is 0.171. The Kier molecular flexibility index (Phi) is 4.95. The van der Waals surface area contributed by atoms with Gasteiger partial charge in [0.15, 0.2) is 0 Å². The topological polar surface area (TPSA) is 60.6 Å². The second-order valence-electron chi connectivity index (χ2n) is 4.71. The molecule has 2 rings (SSSR count). The van der Waals surface area contributed by atoms with Gasteiger partial charge in [0.2, 0.25) is 5.88 Å². The molecular formula is C15H16F3N3O2. The predicted octanol–water partition coefficient (Wildman–Crippen LogP) is 3.00. The molecule has 0 saturated carbocycles. The molecule has 1 aromatic heterocycles. The van der Waals surface area contributed by atoms with Crippen molar-refractivity contribution in [2.24, 2.45) is 5.84 Å². The van der Waals surface area contributed by atoms with Gasteiger partial charge in [-0.25, -0.2) is 10.8 Å². The second-order valence-corrected chi connectivity index (χ2v) is 4.71. The Labute approximate surface area is 131 Å². The van der Waals surface area contributed by atoms with Crippen LogP contribution in [0.3, 0.4) is 0 Å². The average Bonchev–Trinajstić information content (AvgIpc) is 2.51. The number of methoxy groups -OCH3 is 1. The van der Waals surface area contributed by atoms with Crippen LogP contribution < -0.4 is 20.3 Å². The zero-order valence-electron chi connectivity index (χ0n) is 12.6. The first kappa shape index (κ1) is 16.9. The summed E-state index contributed by atoms with van der Waals surface area (Å²) >= 11 is 0. The molecule has 0 saturated heterocycles. The third-order valence-electron chi connectivity index (χ3n) is 3.14. The van der Waals surface area contributed by atoms with Crippen molar-refractivity contribution in [2.45, 2.75) is 12.8 Å². The molecule has 0 unspecified atom stereocenters. The molecule has 0 atom stereocenters. The first-order valence-corrected chi connectivity index (χ1v) is 6.64. The summed E-state index contributed by atoms with van der Waals surface area (Å²) in [7, 11) is 3.07. The number of nitrogens with two attached hydrogens (primary N) is 1. The highest BCUT2D eigenvalue weighted by Crippen LogP contribution is 2.36. The molecule has 0 amide bonds. The molecular weight excluding hydrogens is 311 g/mol. The molecule has 0 aliphatic rings. The molecule has 0 spiro atoms. The molecule has 124 valence electrons. The van der Waals surface area contributed by atoms with E-state index in [9.17, 15) is 13.2 Å². The minimum absolute atomic E-state index is 0.166. The first-order chi connectivity index (χ1) is 10.8. The third kappa shape index (κ3) is 3.84. The predicted molar refractivity (Wildman–Crippen MR) is 79.2 cm³/mol. The van der Waals surface area contributed by atoms with Crippen molar-refractivity contribution in [1.29, 1.82) is 0 Å². The Morgan fingerprint density at radius 1 is 1.22 bits per heavy atom. The van der Waals surface area contributed by atoms with E-state index in [-0.39, 0.29) is 6.61 Å². The Morgan fingerprint density at radius 2 is 1.96 bits per heavy atom. The van der Waals surface area contributed by atoms with E-state index in [1.807, 2.05) is 0 Å². The smallest absolute Gasteiger partial charge is 0.421 e. The van der Waals surface area contributed by atoms with Crippen LogP contribution in [0.4, 0.5) is 18.9 Å². The van der Waals surface area contributed by atoms with E-state index >= 15 is 0 Å². The summed E-state index contributed by atoms with van der Waals surface area (Å²) in [6.45, 7) is -0.166. The molecule has 0 bridgehead atoms. The molecule has 0 radical (unpaired) electrons. The number of hydrazine groups is 1. The second kappa shape index (κ2) is 6.74. The first-order valence-electron chi connectivity index (χ1n) is 6.64. The van der Waals surface area contributed by atoms with E-state index in [0.717, 1.165) is 6.07 Å². The van der Waals surface area contributed by atoms with Gasteiger partial charge in [-0.2, -0.15) is 13.2 Å². The largest absolute Gasteiger partial charge is 0.496 e. The van der Waals surface area contributed by atoms with Crippen LogP contribution in [0.5, 0.6) is 11.6 Å². The third-order valence-corrected chi connectivity index (χ3v) is 3.14. The lowest BCUT2D eigenvalue weighted by Gasteiger charge is -2.20. The van der Waals surface area contributed by atoms with E-state index in [1.165, 1.54) is 24.4 Å². The van der Waals surface area contributed by atoms with Crippen molar-refractivity contribution >= 4 is 5.69 Å². The van der Waals surface area contributed by atoms with Gasteiger partial charge in [0, 0.05) is 13.2 Å². The van der Waals surface area contributed by atoms with Gasteiger partial charge in [-0.05, 0) is 24.3 Å². The summed E-state index contributed by atoms with van der Waals surface area (Å²) in [5.74, 6) is 5.71. The van der Waals surface area contributed by atoms with Gasteiger partial charge >= 0.3 is 6.18 Å². The molecule has 1 aromatic carbocycles. The lowest BCUT2D eigenvalue weighted by molar-refractivity contribution is -0.139. The Bertz CT molecular complexity index is 675. The molecule has 0 fully saturated rings. The van der Waals surface area contributed by atoms with Gasteiger partial charge in [-0.1, -0.05) is 6.07 Å². The van der Waals surface area contributed by atoms with Gasteiger partial charge in [0.25, 0.3) is 0 Å². The fourth-order valence-corrected chi connectivity index (χ4v) is 2.08. The summed E-state index contributed by atoms with van der Waals surface area (Å²) in [6, 6.07) is 7.24. The highest BCUT2D eigenvalue weighted by Gasteiger charge is 2.35. The molecule has 0 aliphatic carbocycles. The van der Waals surface area contributed by atoms with Crippen LogP contribution in [0.25, 0.3) is 0 Å². The van der Waals surface area contributed by atoms with E-state index in [4.69, 9.17) is 15.3 Å². The molecule has 5 nitrogen and oxygen atoms in total. The summed E-state index contributed by atoms with van der Waals surface area (Å²) < 4.78 is 49.4. The quantitative estimate of drug-likeness (QED) is 0.676. The summed E-state index contributed by atoms with van der Waals surface area (Å²) in [5, 5.41) is 1.34. The Balaban J connectivity index is 2.32. The number of aromatic nitrogens is 1. The fourth-order valence-electron chi connectivity index (χ4n) is 2.08. The number of nitrogens with zero attached hydrogens (tertiary/aromatic N) is 2. The fraction of sp³-hybridized carbons (Fsp3) is 0.267. The molecule has 8 heteroatoms. The summed E-state index contributed by atoms with van der Waals surface area (Å²) in [6.07, 6.45) is -3.30. The number of ether oxygens (including phenoxy) is 2. The maximum Gasteiger partial charge on any atom is 0.421 e. The van der Waals surface area contributed by atoms with Crippen LogP contribution in [-0.2, 0) is 12.8 Å². The van der Waals surface area contributed by atoms with Crippen molar-refractivity contribution < 1.29 is 22.6 Å². The van der Waals surface area contributed by atoms with Crippen LogP contribution in [0, 0.1) is 0 Å². The van der Waals surface area contributed by atoms with Crippen molar-refractivity contribution in [1.82, 2.24) is 4.98 Å². The molecule has 0 aliphatic heterocycles. The standard InChI is InChI=1S/C15H16F3N3O2/c1-21(19)12-6-3-7-13(22-2)10(12)9-23-14-11(15(16,17)18)5-4-8-20-14/h3-8H,9,19H2,1-2H3. The molecule has 1 heterocycles. The van der Waals surface area contributed by atoms with Crippen LogP contribution in [0.1, 0.15) is 11.1 Å². The van der Waals surface area contributed by atoms with Gasteiger partial charge in [-0.3, -0.25) is 0 Å². The normalized spacial score (nSPS) is 11.2. The van der Waals surface area contributed by atoms with E-state index in [1.54, 1.807) is 25.2 Å². The SMILES string of the molecule is COc1cccc(N(C)N)c1COc1ncccc1C(F)(F)F. The summed E-state index contributed by atoms with van der Waals surface area (Å²) in [4.78, 5) is 3.66.